The van der Waals surface area contributed by atoms with Crippen molar-refractivity contribution in [2.75, 3.05) is 23.7 Å². The molecule has 0 saturated carbocycles. The zero-order valence-electron chi connectivity index (χ0n) is 11.4. The van der Waals surface area contributed by atoms with Crippen LogP contribution in [-0.2, 0) is 6.54 Å². The van der Waals surface area contributed by atoms with Crippen LogP contribution in [0.25, 0.3) is 0 Å². The minimum absolute atomic E-state index is 0.766. The fourth-order valence-corrected chi connectivity index (χ4v) is 1.73. The Labute approximate surface area is 113 Å². The van der Waals surface area contributed by atoms with Gasteiger partial charge in [-0.15, -0.1) is 0 Å². The van der Waals surface area contributed by atoms with Crippen LogP contribution >= 0.6 is 0 Å². The van der Waals surface area contributed by atoms with Crippen molar-refractivity contribution in [3.8, 4) is 0 Å². The molecule has 2 heterocycles. The Morgan fingerprint density at radius 1 is 1.16 bits per heavy atom. The SMILES string of the molecule is CCCNc1cc(NCCn2cccn2)nc(C)n1. The van der Waals surface area contributed by atoms with Gasteiger partial charge in [-0.2, -0.15) is 5.10 Å². The summed E-state index contributed by atoms with van der Waals surface area (Å²) in [6.07, 6.45) is 4.80. The van der Waals surface area contributed by atoms with E-state index in [1.54, 1.807) is 6.20 Å². The topological polar surface area (TPSA) is 67.7 Å². The summed E-state index contributed by atoms with van der Waals surface area (Å²) >= 11 is 0. The van der Waals surface area contributed by atoms with Gasteiger partial charge in [0.1, 0.15) is 17.5 Å². The van der Waals surface area contributed by atoms with Gasteiger partial charge in [0.2, 0.25) is 0 Å². The zero-order chi connectivity index (χ0) is 13.5. The summed E-state index contributed by atoms with van der Waals surface area (Å²) in [5.41, 5.74) is 0. The Kier molecular flexibility index (Phi) is 4.72. The van der Waals surface area contributed by atoms with Gasteiger partial charge in [-0.25, -0.2) is 9.97 Å². The molecular formula is C13H20N6. The van der Waals surface area contributed by atoms with Crippen LogP contribution in [0.5, 0.6) is 0 Å². The van der Waals surface area contributed by atoms with E-state index in [0.717, 1.165) is 43.5 Å². The molecule has 0 saturated heterocycles. The van der Waals surface area contributed by atoms with Crippen LogP contribution < -0.4 is 10.6 Å². The van der Waals surface area contributed by atoms with E-state index in [-0.39, 0.29) is 0 Å². The molecule has 0 radical (unpaired) electrons. The zero-order valence-corrected chi connectivity index (χ0v) is 11.4. The third-order valence-corrected chi connectivity index (χ3v) is 2.60. The van der Waals surface area contributed by atoms with Crippen molar-refractivity contribution in [1.82, 2.24) is 19.7 Å². The Hall–Kier alpha value is -2.11. The first-order chi connectivity index (χ1) is 9.28. The maximum absolute atomic E-state index is 4.37. The molecule has 0 spiro atoms. The average Bonchev–Trinajstić information content (AvgIpc) is 2.89. The molecule has 0 fully saturated rings. The van der Waals surface area contributed by atoms with Gasteiger partial charge in [-0.3, -0.25) is 4.68 Å². The van der Waals surface area contributed by atoms with Gasteiger partial charge in [-0.05, 0) is 19.4 Å². The van der Waals surface area contributed by atoms with E-state index in [1.165, 1.54) is 0 Å². The third-order valence-electron chi connectivity index (χ3n) is 2.60. The maximum atomic E-state index is 4.37. The van der Waals surface area contributed by atoms with Gasteiger partial charge in [-0.1, -0.05) is 6.92 Å². The van der Waals surface area contributed by atoms with Gasteiger partial charge in [0.05, 0.1) is 6.54 Å². The molecular weight excluding hydrogens is 240 g/mol. The second-order valence-corrected chi connectivity index (χ2v) is 4.31. The fourth-order valence-electron chi connectivity index (χ4n) is 1.73. The smallest absolute Gasteiger partial charge is 0.131 e. The van der Waals surface area contributed by atoms with Gasteiger partial charge in [0.15, 0.2) is 0 Å². The largest absolute Gasteiger partial charge is 0.370 e. The van der Waals surface area contributed by atoms with Crippen molar-refractivity contribution >= 4 is 11.6 Å². The molecule has 0 amide bonds. The van der Waals surface area contributed by atoms with Gasteiger partial charge >= 0.3 is 0 Å². The van der Waals surface area contributed by atoms with Gasteiger partial charge < -0.3 is 10.6 Å². The highest BCUT2D eigenvalue weighted by atomic mass is 15.3. The van der Waals surface area contributed by atoms with Crippen LogP contribution in [0.3, 0.4) is 0 Å². The standard InChI is InChI=1S/C13H20N6/c1-3-5-14-12-10-13(18-11(2)17-12)15-7-9-19-8-4-6-16-19/h4,6,8,10H,3,5,7,9H2,1-2H3,(H2,14,15,17,18). The van der Waals surface area contributed by atoms with Gasteiger partial charge in [0.25, 0.3) is 0 Å². The summed E-state index contributed by atoms with van der Waals surface area (Å²) < 4.78 is 1.89. The molecule has 0 atom stereocenters. The minimum atomic E-state index is 0.766. The Morgan fingerprint density at radius 3 is 2.53 bits per heavy atom. The van der Waals surface area contributed by atoms with Crippen LogP contribution in [0.1, 0.15) is 19.2 Å². The molecule has 6 heteroatoms. The van der Waals surface area contributed by atoms with Crippen LogP contribution in [0, 0.1) is 6.92 Å². The van der Waals surface area contributed by atoms with Crippen molar-refractivity contribution in [2.24, 2.45) is 0 Å². The number of hydrogen-bond donors (Lipinski definition) is 2. The van der Waals surface area contributed by atoms with E-state index in [2.05, 4.69) is 32.6 Å². The molecule has 0 bridgehead atoms. The number of aromatic nitrogens is 4. The predicted octanol–water partition coefficient (Wildman–Crippen LogP) is 1.92. The minimum Gasteiger partial charge on any atom is -0.370 e. The van der Waals surface area contributed by atoms with E-state index in [9.17, 15) is 0 Å². The number of aryl methyl sites for hydroxylation is 1. The van der Waals surface area contributed by atoms with E-state index in [0.29, 0.717) is 0 Å². The molecule has 2 aromatic heterocycles. The Bertz CT molecular complexity index is 494. The number of nitrogens with zero attached hydrogens (tertiary/aromatic N) is 4. The Balaban J connectivity index is 1.90. The molecule has 0 aromatic carbocycles. The Morgan fingerprint density at radius 2 is 1.89 bits per heavy atom. The lowest BCUT2D eigenvalue weighted by Crippen LogP contribution is -2.13. The highest BCUT2D eigenvalue weighted by Crippen LogP contribution is 2.10. The monoisotopic (exact) mass is 260 g/mol. The lowest BCUT2D eigenvalue weighted by Gasteiger charge is -2.09. The summed E-state index contributed by atoms with van der Waals surface area (Å²) in [7, 11) is 0. The summed E-state index contributed by atoms with van der Waals surface area (Å²) in [6, 6.07) is 3.85. The molecule has 2 rings (SSSR count). The van der Waals surface area contributed by atoms with Crippen LogP contribution in [-0.4, -0.2) is 32.8 Å². The maximum Gasteiger partial charge on any atom is 0.131 e. The molecule has 0 unspecified atom stereocenters. The molecule has 19 heavy (non-hydrogen) atoms. The first-order valence-corrected chi connectivity index (χ1v) is 6.59. The third kappa shape index (κ3) is 4.24. The highest BCUT2D eigenvalue weighted by molar-refractivity contribution is 5.47. The first-order valence-electron chi connectivity index (χ1n) is 6.59. The second kappa shape index (κ2) is 6.72. The molecule has 2 N–H and O–H groups in total. The fraction of sp³-hybridized carbons (Fsp3) is 0.462. The molecule has 2 aromatic rings. The average molecular weight is 260 g/mol. The molecule has 102 valence electrons. The van der Waals surface area contributed by atoms with Crippen molar-refractivity contribution in [1.29, 1.82) is 0 Å². The first kappa shape index (κ1) is 13.3. The van der Waals surface area contributed by atoms with Crippen molar-refractivity contribution in [3.63, 3.8) is 0 Å². The lowest BCUT2D eigenvalue weighted by atomic mass is 10.4. The van der Waals surface area contributed by atoms with Gasteiger partial charge in [0, 0.05) is 31.5 Å². The molecule has 0 aliphatic rings. The van der Waals surface area contributed by atoms with E-state index in [1.807, 2.05) is 29.9 Å². The molecule has 0 aliphatic carbocycles. The summed E-state index contributed by atoms with van der Waals surface area (Å²) in [4.78, 5) is 8.72. The van der Waals surface area contributed by atoms with Crippen molar-refractivity contribution in [3.05, 3.63) is 30.4 Å². The number of rotatable bonds is 7. The predicted molar refractivity (Wildman–Crippen MR) is 76.3 cm³/mol. The summed E-state index contributed by atoms with van der Waals surface area (Å²) in [5, 5.41) is 10.7. The number of hydrogen-bond acceptors (Lipinski definition) is 5. The normalized spacial score (nSPS) is 10.4. The lowest BCUT2D eigenvalue weighted by molar-refractivity contribution is 0.637. The highest BCUT2D eigenvalue weighted by Gasteiger charge is 2.01. The van der Waals surface area contributed by atoms with Crippen molar-refractivity contribution < 1.29 is 0 Å². The molecule has 6 nitrogen and oxygen atoms in total. The number of anilines is 2. The second-order valence-electron chi connectivity index (χ2n) is 4.31. The van der Waals surface area contributed by atoms with Crippen LogP contribution in [0.2, 0.25) is 0 Å². The van der Waals surface area contributed by atoms with E-state index in [4.69, 9.17) is 0 Å². The number of nitrogens with one attached hydrogen (secondary N) is 2. The van der Waals surface area contributed by atoms with E-state index >= 15 is 0 Å². The van der Waals surface area contributed by atoms with Crippen molar-refractivity contribution in [2.45, 2.75) is 26.8 Å². The van der Waals surface area contributed by atoms with Crippen LogP contribution in [0.4, 0.5) is 11.6 Å². The quantitative estimate of drug-likeness (QED) is 0.796. The van der Waals surface area contributed by atoms with Crippen LogP contribution in [0.15, 0.2) is 24.5 Å². The van der Waals surface area contributed by atoms with E-state index < -0.39 is 0 Å². The summed E-state index contributed by atoms with van der Waals surface area (Å²) in [5.74, 6) is 2.48. The summed E-state index contributed by atoms with van der Waals surface area (Å²) in [6.45, 7) is 6.54. The molecule has 0 aliphatic heterocycles.